The molecule has 1 N–H and O–H groups in total. The van der Waals surface area contributed by atoms with E-state index in [0.717, 1.165) is 11.1 Å². The highest BCUT2D eigenvalue weighted by Gasteiger charge is 2.08. The van der Waals surface area contributed by atoms with Crippen molar-refractivity contribution in [1.29, 1.82) is 0 Å². The van der Waals surface area contributed by atoms with E-state index >= 15 is 0 Å². The van der Waals surface area contributed by atoms with Crippen molar-refractivity contribution < 1.29 is 19.0 Å². The number of benzene rings is 3. The molecule has 0 fully saturated rings. The molecule has 6 nitrogen and oxygen atoms in total. The van der Waals surface area contributed by atoms with Crippen LogP contribution >= 0.6 is 23.2 Å². The van der Waals surface area contributed by atoms with E-state index in [4.69, 9.17) is 37.4 Å². The Morgan fingerprint density at radius 2 is 1.77 bits per heavy atom. The van der Waals surface area contributed by atoms with E-state index in [1.54, 1.807) is 43.5 Å². The van der Waals surface area contributed by atoms with E-state index in [9.17, 15) is 4.79 Å². The molecule has 0 saturated carbocycles. The predicted octanol–water partition coefficient (Wildman–Crippen LogP) is 5.11. The van der Waals surface area contributed by atoms with E-state index in [2.05, 4.69) is 10.5 Å². The molecule has 160 valence electrons. The minimum absolute atomic E-state index is 0.252. The molecule has 0 heterocycles. The summed E-state index contributed by atoms with van der Waals surface area (Å²) in [7, 11) is 1.56. The Hall–Kier alpha value is -3.22. The lowest BCUT2D eigenvalue weighted by molar-refractivity contribution is -0.123. The zero-order chi connectivity index (χ0) is 22.1. The highest BCUT2D eigenvalue weighted by Crippen LogP contribution is 2.31. The fourth-order valence-corrected chi connectivity index (χ4v) is 2.92. The molecule has 31 heavy (non-hydrogen) atoms. The van der Waals surface area contributed by atoms with Crippen LogP contribution in [0.2, 0.25) is 10.0 Å². The lowest BCUT2D eigenvalue weighted by Gasteiger charge is -2.11. The van der Waals surface area contributed by atoms with E-state index < -0.39 is 5.91 Å². The van der Waals surface area contributed by atoms with Crippen molar-refractivity contribution in [3.63, 3.8) is 0 Å². The third kappa shape index (κ3) is 6.64. The van der Waals surface area contributed by atoms with Crippen LogP contribution in [-0.2, 0) is 11.4 Å². The number of halogens is 2. The zero-order valence-electron chi connectivity index (χ0n) is 16.7. The van der Waals surface area contributed by atoms with Gasteiger partial charge in [-0.1, -0.05) is 59.6 Å². The Morgan fingerprint density at radius 1 is 0.968 bits per heavy atom. The van der Waals surface area contributed by atoms with Gasteiger partial charge in [-0.3, -0.25) is 4.79 Å². The maximum Gasteiger partial charge on any atom is 0.277 e. The van der Waals surface area contributed by atoms with Crippen LogP contribution in [0.4, 0.5) is 0 Å². The predicted molar refractivity (Wildman–Crippen MR) is 121 cm³/mol. The van der Waals surface area contributed by atoms with Crippen molar-refractivity contribution in [2.24, 2.45) is 5.10 Å². The van der Waals surface area contributed by atoms with E-state index in [-0.39, 0.29) is 11.6 Å². The van der Waals surface area contributed by atoms with Crippen molar-refractivity contribution in [3.05, 3.63) is 87.9 Å². The lowest BCUT2D eigenvalue weighted by atomic mass is 10.2. The molecule has 0 aromatic heterocycles. The van der Waals surface area contributed by atoms with Gasteiger partial charge in [-0.25, -0.2) is 5.43 Å². The Bertz CT molecular complexity index is 1060. The standard InChI is InChI=1S/C23H20Cl2N2O4/c1-29-21-12-17(10-11-19(21)30-14-16-6-3-2-4-7-16)13-26-27-22(28)15-31-20-9-5-8-18(24)23(20)25/h2-13H,14-15H2,1H3,(H,27,28)/b26-13-. The molecule has 0 unspecified atom stereocenters. The Balaban J connectivity index is 1.53. The van der Waals surface area contributed by atoms with E-state index in [0.29, 0.717) is 28.9 Å². The highest BCUT2D eigenvalue weighted by molar-refractivity contribution is 6.42. The SMILES string of the molecule is COc1cc(/C=N\NC(=O)COc2cccc(Cl)c2Cl)ccc1OCc1ccccc1. The third-order valence-corrected chi connectivity index (χ3v) is 4.90. The molecule has 0 atom stereocenters. The molecule has 8 heteroatoms. The van der Waals surface area contributed by atoms with Crippen LogP contribution in [0.25, 0.3) is 0 Å². The van der Waals surface area contributed by atoms with Crippen molar-refractivity contribution in [3.8, 4) is 17.2 Å². The van der Waals surface area contributed by atoms with Gasteiger partial charge in [-0.05, 0) is 41.5 Å². The molecule has 1 amide bonds. The number of hydrazone groups is 1. The fraction of sp³-hybridized carbons (Fsp3) is 0.130. The molecule has 0 aliphatic heterocycles. The minimum atomic E-state index is -0.443. The van der Waals surface area contributed by atoms with Gasteiger partial charge in [0.2, 0.25) is 0 Å². The van der Waals surface area contributed by atoms with Crippen LogP contribution < -0.4 is 19.6 Å². The summed E-state index contributed by atoms with van der Waals surface area (Å²) in [6.45, 7) is 0.171. The molecular formula is C23H20Cl2N2O4. The number of amides is 1. The second-order valence-electron chi connectivity index (χ2n) is 6.32. The Kier molecular flexibility index (Phi) is 8.15. The maximum atomic E-state index is 11.9. The Morgan fingerprint density at radius 3 is 2.55 bits per heavy atom. The first kappa shape index (κ1) is 22.5. The van der Waals surface area contributed by atoms with Gasteiger partial charge in [0.15, 0.2) is 18.1 Å². The largest absolute Gasteiger partial charge is 0.493 e. The van der Waals surface area contributed by atoms with Crippen LogP contribution in [-0.4, -0.2) is 25.8 Å². The number of rotatable bonds is 9. The molecule has 0 bridgehead atoms. The average molecular weight is 459 g/mol. The van der Waals surface area contributed by atoms with Gasteiger partial charge in [-0.2, -0.15) is 5.10 Å². The maximum absolute atomic E-state index is 11.9. The van der Waals surface area contributed by atoms with Gasteiger partial charge in [0.25, 0.3) is 5.91 Å². The van der Waals surface area contributed by atoms with E-state index in [1.165, 1.54) is 6.21 Å². The summed E-state index contributed by atoms with van der Waals surface area (Å²) in [5.74, 6) is 1.05. The van der Waals surface area contributed by atoms with Crippen LogP contribution in [0.3, 0.4) is 0 Å². The molecule has 0 saturated heterocycles. The quantitative estimate of drug-likeness (QED) is 0.357. The first-order chi connectivity index (χ1) is 15.1. The van der Waals surface area contributed by atoms with Gasteiger partial charge in [0.1, 0.15) is 17.4 Å². The molecule has 0 radical (unpaired) electrons. The normalized spacial score (nSPS) is 10.7. The van der Waals surface area contributed by atoms with Gasteiger partial charge in [-0.15, -0.1) is 0 Å². The van der Waals surface area contributed by atoms with Crippen LogP contribution in [0, 0.1) is 0 Å². The summed E-state index contributed by atoms with van der Waals surface area (Å²) in [6, 6.07) is 20.1. The summed E-state index contributed by atoms with van der Waals surface area (Å²) < 4.78 is 16.6. The molecule has 0 aliphatic carbocycles. The van der Waals surface area contributed by atoms with Gasteiger partial charge < -0.3 is 14.2 Å². The fourth-order valence-electron chi connectivity index (χ4n) is 2.57. The molecule has 3 aromatic carbocycles. The monoisotopic (exact) mass is 458 g/mol. The molecule has 3 rings (SSSR count). The number of carbonyl (C=O) groups excluding carboxylic acids is 1. The van der Waals surface area contributed by atoms with Gasteiger partial charge >= 0.3 is 0 Å². The highest BCUT2D eigenvalue weighted by atomic mass is 35.5. The molecule has 0 spiro atoms. The summed E-state index contributed by atoms with van der Waals surface area (Å²) in [5.41, 5.74) is 4.17. The third-order valence-electron chi connectivity index (χ3n) is 4.10. The number of nitrogens with zero attached hydrogens (tertiary/aromatic N) is 1. The smallest absolute Gasteiger partial charge is 0.277 e. The minimum Gasteiger partial charge on any atom is -0.493 e. The number of hydrogen-bond acceptors (Lipinski definition) is 5. The Labute approximate surface area is 190 Å². The number of hydrogen-bond donors (Lipinski definition) is 1. The second kappa shape index (κ2) is 11.2. The van der Waals surface area contributed by atoms with Crippen LogP contribution in [0.1, 0.15) is 11.1 Å². The number of methoxy groups -OCH3 is 1. The summed E-state index contributed by atoms with van der Waals surface area (Å²) in [5, 5.41) is 4.53. The number of carbonyl (C=O) groups is 1. The van der Waals surface area contributed by atoms with Crippen molar-refractivity contribution in [1.82, 2.24) is 5.43 Å². The average Bonchev–Trinajstić information content (AvgIpc) is 2.79. The summed E-state index contributed by atoms with van der Waals surface area (Å²) in [6.07, 6.45) is 1.49. The number of nitrogens with one attached hydrogen (secondary N) is 1. The second-order valence-corrected chi connectivity index (χ2v) is 7.10. The van der Waals surface area contributed by atoms with Crippen molar-refractivity contribution in [2.45, 2.75) is 6.61 Å². The van der Waals surface area contributed by atoms with E-state index in [1.807, 2.05) is 30.3 Å². The molecular weight excluding hydrogens is 439 g/mol. The first-order valence-corrected chi connectivity index (χ1v) is 10.1. The van der Waals surface area contributed by atoms with Crippen LogP contribution in [0.5, 0.6) is 17.2 Å². The summed E-state index contributed by atoms with van der Waals surface area (Å²) in [4.78, 5) is 11.9. The van der Waals surface area contributed by atoms with Gasteiger partial charge in [0.05, 0.1) is 18.3 Å². The molecule has 3 aromatic rings. The topological polar surface area (TPSA) is 69.2 Å². The molecule has 0 aliphatic rings. The van der Waals surface area contributed by atoms with Gasteiger partial charge in [0, 0.05) is 0 Å². The zero-order valence-corrected chi connectivity index (χ0v) is 18.2. The number of ether oxygens (including phenoxy) is 3. The first-order valence-electron chi connectivity index (χ1n) is 9.30. The lowest BCUT2D eigenvalue weighted by Crippen LogP contribution is -2.24. The summed E-state index contributed by atoms with van der Waals surface area (Å²) >= 11 is 11.9. The van der Waals surface area contributed by atoms with Crippen molar-refractivity contribution >= 4 is 35.3 Å². The van der Waals surface area contributed by atoms with Crippen molar-refractivity contribution in [2.75, 3.05) is 13.7 Å². The van der Waals surface area contributed by atoms with Crippen LogP contribution in [0.15, 0.2) is 71.8 Å².